The average molecular weight is 390 g/mol. The van der Waals surface area contributed by atoms with Gasteiger partial charge in [-0.1, -0.05) is 20.8 Å². The van der Waals surface area contributed by atoms with Gasteiger partial charge in [-0.2, -0.15) is 0 Å². The summed E-state index contributed by atoms with van der Waals surface area (Å²) in [6, 6.07) is 0. The number of nitrogens with zero attached hydrogens (tertiary/aromatic N) is 3. The molecule has 112 valence electrons. The van der Waals surface area contributed by atoms with Gasteiger partial charge in [-0.3, -0.25) is 4.90 Å². The minimum atomic E-state index is -0.0229. The molecule has 2 rings (SSSR count). The lowest BCUT2D eigenvalue weighted by atomic mass is 10.1. The molecule has 0 radical (unpaired) electrons. The summed E-state index contributed by atoms with van der Waals surface area (Å²) >= 11 is 2.32. The average Bonchev–Trinajstić information content (AvgIpc) is 2.47. The Morgan fingerprint density at radius 2 is 2.20 bits per heavy atom. The number of rotatable bonds is 4. The van der Waals surface area contributed by atoms with Crippen LogP contribution in [0.3, 0.4) is 0 Å². The van der Waals surface area contributed by atoms with Crippen LogP contribution in [0.4, 0.5) is 5.82 Å². The smallest absolute Gasteiger partial charge is 0.161 e. The van der Waals surface area contributed by atoms with E-state index in [0.717, 1.165) is 47.1 Å². The zero-order valence-corrected chi connectivity index (χ0v) is 14.8. The maximum Gasteiger partial charge on any atom is 0.161 e. The molecule has 1 N–H and O–H groups in total. The van der Waals surface area contributed by atoms with E-state index in [9.17, 15) is 0 Å². The topological polar surface area (TPSA) is 50.3 Å². The maximum absolute atomic E-state index is 5.87. The molecule has 1 aromatic rings. The van der Waals surface area contributed by atoms with Crippen LogP contribution in [-0.4, -0.2) is 48.2 Å². The minimum absolute atomic E-state index is 0.0229. The van der Waals surface area contributed by atoms with E-state index >= 15 is 0 Å². The van der Waals surface area contributed by atoms with Crippen molar-refractivity contribution in [3.63, 3.8) is 0 Å². The first-order chi connectivity index (χ1) is 9.56. The lowest BCUT2D eigenvalue weighted by molar-refractivity contribution is -0.0326. The summed E-state index contributed by atoms with van der Waals surface area (Å²) in [5, 5.41) is 3.17. The van der Waals surface area contributed by atoms with Gasteiger partial charge in [0.1, 0.15) is 11.9 Å². The Bertz CT molecular complexity index is 467. The highest BCUT2D eigenvalue weighted by molar-refractivity contribution is 14.1. The Morgan fingerprint density at radius 3 is 2.80 bits per heavy atom. The van der Waals surface area contributed by atoms with Gasteiger partial charge in [-0.05, 0) is 35.1 Å². The van der Waals surface area contributed by atoms with E-state index in [1.54, 1.807) is 0 Å². The second kappa shape index (κ2) is 7.00. The number of hydrogen-bond donors (Lipinski definition) is 1. The van der Waals surface area contributed by atoms with Crippen molar-refractivity contribution in [2.45, 2.75) is 32.8 Å². The van der Waals surface area contributed by atoms with Crippen LogP contribution < -0.4 is 5.32 Å². The Hall–Kier alpha value is -0.470. The molecule has 0 spiro atoms. The van der Waals surface area contributed by atoms with E-state index in [1.165, 1.54) is 0 Å². The van der Waals surface area contributed by atoms with Gasteiger partial charge >= 0.3 is 0 Å². The normalized spacial score (nSPS) is 20.4. The summed E-state index contributed by atoms with van der Waals surface area (Å²) in [5.41, 5.74) is 1.09. The molecule has 6 heteroatoms. The van der Waals surface area contributed by atoms with Crippen molar-refractivity contribution in [1.82, 2.24) is 14.9 Å². The summed E-state index contributed by atoms with van der Waals surface area (Å²) < 4.78 is 6.98. The summed E-state index contributed by atoms with van der Waals surface area (Å²) in [5.74, 6) is 2.08. The summed E-state index contributed by atoms with van der Waals surface area (Å²) in [4.78, 5) is 11.8. The fourth-order valence-corrected chi connectivity index (χ4v) is 3.45. The first kappa shape index (κ1) is 15.9. The molecule has 1 aliphatic heterocycles. The molecule has 0 bridgehead atoms. The molecule has 5 nitrogen and oxygen atoms in total. The van der Waals surface area contributed by atoms with Crippen molar-refractivity contribution in [3.8, 4) is 0 Å². The van der Waals surface area contributed by atoms with Crippen molar-refractivity contribution in [2.75, 3.05) is 38.6 Å². The molecule has 2 heterocycles. The molecule has 0 aliphatic carbocycles. The van der Waals surface area contributed by atoms with Crippen LogP contribution in [0.25, 0.3) is 0 Å². The first-order valence-corrected chi connectivity index (χ1v) is 8.23. The van der Waals surface area contributed by atoms with Gasteiger partial charge < -0.3 is 10.1 Å². The minimum Gasteiger partial charge on any atom is -0.372 e. The molecule has 1 aromatic heterocycles. The van der Waals surface area contributed by atoms with Gasteiger partial charge in [0, 0.05) is 20.1 Å². The van der Waals surface area contributed by atoms with E-state index in [0.29, 0.717) is 5.92 Å². The number of aromatic nitrogens is 2. The number of nitrogens with one attached hydrogen (secondary N) is 1. The number of likely N-dealkylation sites (N-methyl/N-ethyl adjacent to an activating group) is 1. The standard InChI is InChI=1S/C14H23IN4O/c1-5-19-6-7-20-10(8-19)13-17-12(9(2)3)11(15)14(16-4)18-13/h9-10H,5-8H2,1-4H3,(H,16,17,18). The fourth-order valence-electron chi connectivity index (χ4n) is 2.32. The molecule has 1 unspecified atom stereocenters. The highest BCUT2D eigenvalue weighted by Gasteiger charge is 2.25. The van der Waals surface area contributed by atoms with Crippen molar-refractivity contribution in [3.05, 3.63) is 15.1 Å². The highest BCUT2D eigenvalue weighted by atomic mass is 127. The second-order valence-corrected chi connectivity index (χ2v) is 6.37. The Labute approximate surface area is 134 Å². The largest absolute Gasteiger partial charge is 0.372 e. The van der Waals surface area contributed by atoms with Crippen LogP contribution >= 0.6 is 22.6 Å². The van der Waals surface area contributed by atoms with Gasteiger partial charge in [0.15, 0.2) is 5.82 Å². The molecule has 0 saturated carbocycles. The lowest BCUT2D eigenvalue weighted by Gasteiger charge is -2.31. The predicted octanol–water partition coefficient (Wildman–Crippen LogP) is 2.64. The SMILES string of the molecule is CCN1CCOC(c2nc(NC)c(I)c(C(C)C)n2)C1. The van der Waals surface area contributed by atoms with Crippen molar-refractivity contribution >= 4 is 28.4 Å². The molecule has 0 amide bonds. The third-order valence-electron chi connectivity index (χ3n) is 3.56. The number of morpholine rings is 1. The molecular formula is C14H23IN4O. The number of ether oxygens (including phenoxy) is 1. The number of halogens is 1. The zero-order valence-electron chi connectivity index (χ0n) is 12.6. The summed E-state index contributed by atoms with van der Waals surface area (Å²) in [6.45, 7) is 10.2. The third-order valence-corrected chi connectivity index (χ3v) is 4.63. The van der Waals surface area contributed by atoms with Crippen molar-refractivity contribution < 1.29 is 4.74 Å². The predicted molar refractivity (Wildman–Crippen MR) is 89.2 cm³/mol. The van der Waals surface area contributed by atoms with Gasteiger partial charge in [-0.25, -0.2) is 9.97 Å². The molecule has 1 saturated heterocycles. The Kier molecular flexibility index (Phi) is 5.57. The van der Waals surface area contributed by atoms with E-state index in [1.807, 2.05) is 7.05 Å². The van der Waals surface area contributed by atoms with Crippen molar-refractivity contribution in [1.29, 1.82) is 0 Å². The molecule has 1 atom stereocenters. The maximum atomic E-state index is 5.87. The van der Waals surface area contributed by atoms with Gasteiger partial charge in [-0.15, -0.1) is 0 Å². The van der Waals surface area contributed by atoms with Crippen LogP contribution in [0.2, 0.25) is 0 Å². The summed E-state index contributed by atoms with van der Waals surface area (Å²) in [7, 11) is 1.90. The highest BCUT2D eigenvalue weighted by Crippen LogP contribution is 2.28. The number of anilines is 1. The van der Waals surface area contributed by atoms with E-state index in [4.69, 9.17) is 9.72 Å². The third kappa shape index (κ3) is 3.40. The lowest BCUT2D eigenvalue weighted by Crippen LogP contribution is -2.38. The van der Waals surface area contributed by atoms with Crippen molar-refractivity contribution in [2.24, 2.45) is 0 Å². The molecule has 0 aromatic carbocycles. The second-order valence-electron chi connectivity index (χ2n) is 5.29. The quantitative estimate of drug-likeness (QED) is 0.802. The van der Waals surface area contributed by atoms with Crippen LogP contribution in [0.5, 0.6) is 0 Å². The molecule has 1 fully saturated rings. The van der Waals surface area contributed by atoms with Crippen LogP contribution in [-0.2, 0) is 4.74 Å². The van der Waals surface area contributed by atoms with Crippen LogP contribution in [0, 0.1) is 3.57 Å². The van der Waals surface area contributed by atoms with E-state index in [-0.39, 0.29) is 6.10 Å². The molecule has 20 heavy (non-hydrogen) atoms. The van der Waals surface area contributed by atoms with Gasteiger partial charge in [0.25, 0.3) is 0 Å². The molecular weight excluding hydrogens is 367 g/mol. The van der Waals surface area contributed by atoms with E-state index < -0.39 is 0 Å². The van der Waals surface area contributed by atoms with E-state index in [2.05, 4.69) is 58.6 Å². The van der Waals surface area contributed by atoms with Crippen LogP contribution in [0.1, 0.15) is 44.3 Å². The first-order valence-electron chi connectivity index (χ1n) is 7.15. The fraction of sp³-hybridized carbons (Fsp3) is 0.714. The summed E-state index contributed by atoms with van der Waals surface area (Å²) in [6.07, 6.45) is -0.0229. The van der Waals surface area contributed by atoms with Gasteiger partial charge in [0.2, 0.25) is 0 Å². The Balaban J connectivity index is 2.33. The number of hydrogen-bond acceptors (Lipinski definition) is 5. The van der Waals surface area contributed by atoms with Crippen LogP contribution in [0.15, 0.2) is 0 Å². The van der Waals surface area contributed by atoms with Gasteiger partial charge in [0.05, 0.1) is 15.9 Å². The molecule has 1 aliphatic rings. The Morgan fingerprint density at radius 1 is 1.45 bits per heavy atom. The monoisotopic (exact) mass is 390 g/mol. The zero-order chi connectivity index (χ0) is 14.7.